The molecule has 1 amide bonds. The molecule has 2 fully saturated rings. The number of hydrogen-bond acceptors (Lipinski definition) is 2. The fraction of sp³-hybridized carbons (Fsp3) is 0.611. The van der Waals surface area contributed by atoms with Crippen molar-refractivity contribution in [1.29, 1.82) is 0 Å². The van der Waals surface area contributed by atoms with Crippen molar-refractivity contribution in [2.24, 2.45) is 17.6 Å². The van der Waals surface area contributed by atoms with Crippen LogP contribution < -0.4 is 11.1 Å². The maximum Gasteiger partial charge on any atom is 0.222 e. The predicted octanol–water partition coefficient (Wildman–Crippen LogP) is 3.11. The van der Waals surface area contributed by atoms with Gasteiger partial charge < -0.3 is 11.1 Å². The van der Waals surface area contributed by atoms with E-state index in [1.165, 1.54) is 30.4 Å². The van der Waals surface area contributed by atoms with Gasteiger partial charge in [0, 0.05) is 12.1 Å². The van der Waals surface area contributed by atoms with Crippen molar-refractivity contribution in [1.82, 2.24) is 5.32 Å². The van der Waals surface area contributed by atoms with Crippen LogP contribution in [0.2, 0.25) is 0 Å². The number of piperidine rings is 1. The van der Waals surface area contributed by atoms with Crippen LogP contribution in [-0.2, 0) is 4.79 Å². The molecular weight excluding hydrogens is 260 g/mol. The number of nitrogens with two attached hydrogens (primary N) is 1. The normalized spacial score (nSPS) is 33.4. The predicted molar refractivity (Wildman–Crippen MR) is 84.8 cm³/mol. The van der Waals surface area contributed by atoms with Crippen LogP contribution in [-0.4, -0.2) is 11.9 Å². The van der Waals surface area contributed by atoms with Crippen molar-refractivity contribution in [3.8, 4) is 0 Å². The van der Waals surface area contributed by atoms with Crippen LogP contribution in [0.4, 0.5) is 0 Å². The maximum atomic E-state index is 11.9. The summed E-state index contributed by atoms with van der Waals surface area (Å²) in [4.78, 5) is 11.9. The summed E-state index contributed by atoms with van der Waals surface area (Å²) in [6, 6.07) is 9.33. The second-order valence-corrected chi connectivity index (χ2v) is 6.98. The van der Waals surface area contributed by atoms with Gasteiger partial charge >= 0.3 is 0 Å². The number of nitrogens with one attached hydrogen (secondary N) is 1. The van der Waals surface area contributed by atoms with Gasteiger partial charge in [0.2, 0.25) is 5.91 Å². The van der Waals surface area contributed by atoms with Gasteiger partial charge in [0.1, 0.15) is 0 Å². The van der Waals surface area contributed by atoms with Gasteiger partial charge in [0.05, 0.1) is 5.92 Å². The Balaban J connectivity index is 1.83. The lowest BCUT2D eigenvalue weighted by molar-refractivity contribution is -0.125. The number of primary amides is 1. The van der Waals surface area contributed by atoms with E-state index in [0.29, 0.717) is 12.0 Å². The Hall–Kier alpha value is -1.35. The Morgan fingerprint density at radius 2 is 1.76 bits per heavy atom. The van der Waals surface area contributed by atoms with Gasteiger partial charge in [-0.3, -0.25) is 4.79 Å². The SMILES string of the molecule is CC1CC(C)C(C(N)=O)C(c2ccc(C3CCC3)cc2)N1. The fourth-order valence-electron chi connectivity index (χ4n) is 3.98. The first-order valence-corrected chi connectivity index (χ1v) is 8.21. The minimum absolute atomic E-state index is 0.0525. The first-order chi connectivity index (χ1) is 10.1. The Morgan fingerprint density at radius 1 is 1.14 bits per heavy atom. The second kappa shape index (κ2) is 5.80. The van der Waals surface area contributed by atoms with Crippen molar-refractivity contribution >= 4 is 5.91 Å². The van der Waals surface area contributed by atoms with Crippen LogP contribution in [0.5, 0.6) is 0 Å². The summed E-state index contributed by atoms with van der Waals surface area (Å²) >= 11 is 0. The zero-order valence-corrected chi connectivity index (χ0v) is 13.0. The van der Waals surface area contributed by atoms with Crippen molar-refractivity contribution in [2.75, 3.05) is 0 Å². The van der Waals surface area contributed by atoms with E-state index in [0.717, 1.165) is 12.3 Å². The van der Waals surface area contributed by atoms with Crippen LogP contribution in [0.15, 0.2) is 24.3 Å². The molecule has 1 saturated heterocycles. The van der Waals surface area contributed by atoms with E-state index in [-0.39, 0.29) is 17.9 Å². The Morgan fingerprint density at radius 3 is 2.29 bits per heavy atom. The molecule has 1 aromatic rings. The Kier molecular flexibility index (Phi) is 4.03. The van der Waals surface area contributed by atoms with Gasteiger partial charge in [-0.1, -0.05) is 37.6 Å². The molecule has 21 heavy (non-hydrogen) atoms. The lowest BCUT2D eigenvalue weighted by Crippen LogP contribution is -2.49. The minimum Gasteiger partial charge on any atom is -0.369 e. The zero-order chi connectivity index (χ0) is 15.0. The molecule has 4 unspecified atom stereocenters. The van der Waals surface area contributed by atoms with Crippen LogP contribution >= 0.6 is 0 Å². The summed E-state index contributed by atoms with van der Waals surface area (Å²) in [5.41, 5.74) is 8.30. The molecule has 1 saturated carbocycles. The molecule has 0 bridgehead atoms. The lowest BCUT2D eigenvalue weighted by atomic mass is 9.75. The molecule has 0 radical (unpaired) electrons. The third-order valence-corrected chi connectivity index (χ3v) is 5.36. The molecule has 1 heterocycles. The highest BCUT2D eigenvalue weighted by atomic mass is 16.1. The highest BCUT2D eigenvalue weighted by Crippen LogP contribution is 2.39. The minimum atomic E-state index is -0.185. The van der Waals surface area contributed by atoms with E-state index in [4.69, 9.17) is 5.73 Å². The smallest absolute Gasteiger partial charge is 0.222 e. The quantitative estimate of drug-likeness (QED) is 0.897. The average Bonchev–Trinajstić information content (AvgIpc) is 2.36. The van der Waals surface area contributed by atoms with Gasteiger partial charge in [0.25, 0.3) is 0 Å². The van der Waals surface area contributed by atoms with Crippen LogP contribution in [0.1, 0.15) is 62.6 Å². The molecule has 2 aliphatic rings. The molecular formula is C18H26N2O. The lowest BCUT2D eigenvalue weighted by Gasteiger charge is -2.39. The van der Waals surface area contributed by atoms with E-state index in [1.807, 2.05) is 0 Å². The third-order valence-electron chi connectivity index (χ3n) is 5.36. The number of rotatable bonds is 3. The third kappa shape index (κ3) is 2.84. The molecule has 3 rings (SSSR count). The topological polar surface area (TPSA) is 55.1 Å². The number of carbonyl (C=O) groups is 1. The van der Waals surface area contributed by atoms with E-state index < -0.39 is 0 Å². The van der Waals surface area contributed by atoms with Gasteiger partial charge in [-0.05, 0) is 49.1 Å². The number of carbonyl (C=O) groups excluding carboxylic acids is 1. The standard InChI is InChI=1S/C18H26N2O/c1-11-10-12(2)20-17(16(11)18(19)21)15-8-6-14(7-9-15)13-4-3-5-13/h6-9,11-13,16-17,20H,3-5,10H2,1-2H3,(H2,19,21). The molecule has 114 valence electrons. The molecule has 3 nitrogen and oxygen atoms in total. The number of hydrogen-bond donors (Lipinski definition) is 2. The molecule has 1 aliphatic heterocycles. The van der Waals surface area contributed by atoms with Gasteiger partial charge in [0.15, 0.2) is 0 Å². The summed E-state index contributed by atoms with van der Waals surface area (Å²) in [6.45, 7) is 4.33. The summed E-state index contributed by atoms with van der Waals surface area (Å²) in [7, 11) is 0. The zero-order valence-electron chi connectivity index (χ0n) is 13.0. The van der Waals surface area contributed by atoms with E-state index in [2.05, 4.69) is 43.4 Å². The van der Waals surface area contributed by atoms with E-state index >= 15 is 0 Å². The highest BCUT2D eigenvalue weighted by molar-refractivity contribution is 5.78. The Labute approximate surface area is 127 Å². The fourth-order valence-corrected chi connectivity index (χ4v) is 3.98. The largest absolute Gasteiger partial charge is 0.369 e. The second-order valence-electron chi connectivity index (χ2n) is 6.98. The first kappa shape index (κ1) is 14.6. The van der Waals surface area contributed by atoms with Crippen LogP contribution in [0.3, 0.4) is 0 Å². The molecule has 1 aromatic carbocycles. The van der Waals surface area contributed by atoms with Gasteiger partial charge in [-0.25, -0.2) is 0 Å². The molecule has 0 aromatic heterocycles. The van der Waals surface area contributed by atoms with Crippen molar-refractivity contribution in [2.45, 2.75) is 57.5 Å². The molecule has 3 heteroatoms. The molecule has 3 N–H and O–H groups in total. The van der Waals surface area contributed by atoms with Gasteiger partial charge in [-0.15, -0.1) is 0 Å². The van der Waals surface area contributed by atoms with Crippen LogP contribution in [0.25, 0.3) is 0 Å². The van der Waals surface area contributed by atoms with Gasteiger partial charge in [-0.2, -0.15) is 0 Å². The van der Waals surface area contributed by atoms with Crippen molar-refractivity contribution in [3.05, 3.63) is 35.4 Å². The number of benzene rings is 1. The summed E-state index contributed by atoms with van der Waals surface area (Å²) in [5.74, 6) is 0.781. The summed E-state index contributed by atoms with van der Waals surface area (Å²) in [6.07, 6.45) is 5.00. The average molecular weight is 286 g/mol. The van der Waals surface area contributed by atoms with Crippen LogP contribution in [0, 0.1) is 11.8 Å². The highest BCUT2D eigenvalue weighted by Gasteiger charge is 2.38. The molecule has 0 spiro atoms. The van der Waals surface area contributed by atoms with Crippen molar-refractivity contribution in [3.63, 3.8) is 0 Å². The molecule has 1 aliphatic carbocycles. The summed E-state index contributed by atoms with van der Waals surface area (Å²) in [5, 5.41) is 3.57. The van der Waals surface area contributed by atoms with E-state index in [1.54, 1.807) is 0 Å². The monoisotopic (exact) mass is 286 g/mol. The van der Waals surface area contributed by atoms with E-state index in [9.17, 15) is 4.79 Å². The summed E-state index contributed by atoms with van der Waals surface area (Å²) < 4.78 is 0. The van der Waals surface area contributed by atoms with Crippen molar-refractivity contribution < 1.29 is 4.79 Å². The Bertz CT molecular complexity index is 506. The molecule has 4 atom stereocenters. The maximum absolute atomic E-state index is 11.9. The number of amides is 1. The first-order valence-electron chi connectivity index (χ1n) is 8.21.